The predicted octanol–water partition coefficient (Wildman–Crippen LogP) is 12.7. The molecule has 0 atom stereocenters. The van der Waals surface area contributed by atoms with Gasteiger partial charge in [0, 0.05) is 10.8 Å². The standard InChI is InChI=1S/C44H26O/c1-2-12-30-25-41-39(24-29(30)11-1)33-23-22-31(26-40(33)45-41)43-34-15-5-7-17-36(34)44(37-18-8-6-16-35(37)43)38-19-9-13-28-21-20-27-10-3-4-14-32(27)42(28)38/h1-26H. The van der Waals surface area contributed by atoms with E-state index in [1.807, 2.05) is 0 Å². The lowest BCUT2D eigenvalue weighted by atomic mass is 9.84. The molecule has 208 valence electrons. The van der Waals surface area contributed by atoms with Gasteiger partial charge in [-0.3, -0.25) is 0 Å². The van der Waals surface area contributed by atoms with Gasteiger partial charge < -0.3 is 4.42 Å². The highest BCUT2D eigenvalue weighted by Gasteiger charge is 2.19. The molecular weight excluding hydrogens is 544 g/mol. The maximum atomic E-state index is 6.53. The summed E-state index contributed by atoms with van der Waals surface area (Å²) in [5, 5.41) is 14.8. The number of hydrogen-bond donors (Lipinski definition) is 0. The van der Waals surface area contributed by atoms with Gasteiger partial charge >= 0.3 is 0 Å². The number of fused-ring (bicyclic) bond motifs is 9. The third kappa shape index (κ3) is 3.56. The molecule has 0 saturated carbocycles. The van der Waals surface area contributed by atoms with Gasteiger partial charge in [0.15, 0.2) is 0 Å². The maximum absolute atomic E-state index is 6.53. The Morgan fingerprint density at radius 3 is 1.60 bits per heavy atom. The van der Waals surface area contributed by atoms with E-state index < -0.39 is 0 Å². The van der Waals surface area contributed by atoms with Gasteiger partial charge in [-0.25, -0.2) is 0 Å². The van der Waals surface area contributed by atoms with E-state index in [-0.39, 0.29) is 0 Å². The van der Waals surface area contributed by atoms with E-state index >= 15 is 0 Å². The van der Waals surface area contributed by atoms with Crippen LogP contribution in [0.25, 0.3) is 98.1 Å². The molecule has 0 fully saturated rings. The maximum Gasteiger partial charge on any atom is 0.136 e. The molecule has 0 amide bonds. The largest absolute Gasteiger partial charge is 0.456 e. The lowest BCUT2D eigenvalue weighted by Gasteiger charge is -2.19. The highest BCUT2D eigenvalue weighted by molar-refractivity contribution is 6.26. The molecule has 0 radical (unpaired) electrons. The van der Waals surface area contributed by atoms with Crippen molar-refractivity contribution in [2.24, 2.45) is 0 Å². The first-order chi connectivity index (χ1) is 22.3. The average molecular weight is 571 g/mol. The molecule has 0 spiro atoms. The molecule has 0 aliphatic heterocycles. The highest BCUT2D eigenvalue weighted by atomic mass is 16.3. The Morgan fingerprint density at radius 2 is 0.867 bits per heavy atom. The van der Waals surface area contributed by atoms with Gasteiger partial charge in [0.05, 0.1) is 0 Å². The first kappa shape index (κ1) is 24.5. The second-order valence-electron chi connectivity index (χ2n) is 12.0. The van der Waals surface area contributed by atoms with Crippen molar-refractivity contribution in [3.63, 3.8) is 0 Å². The molecular formula is C44H26O. The minimum Gasteiger partial charge on any atom is -0.456 e. The second kappa shape index (κ2) is 9.29. The summed E-state index contributed by atoms with van der Waals surface area (Å²) in [6, 6.07) is 57.4. The average Bonchev–Trinajstić information content (AvgIpc) is 3.45. The zero-order valence-corrected chi connectivity index (χ0v) is 24.4. The highest BCUT2D eigenvalue weighted by Crippen LogP contribution is 2.47. The normalized spacial score (nSPS) is 12.0. The molecule has 1 heterocycles. The molecule has 0 aliphatic carbocycles. The van der Waals surface area contributed by atoms with Crippen molar-refractivity contribution in [3.8, 4) is 22.3 Å². The van der Waals surface area contributed by atoms with Crippen LogP contribution < -0.4 is 0 Å². The Balaban J connectivity index is 1.30. The third-order valence-corrected chi connectivity index (χ3v) is 9.60. The van der Waals surface area contributed by atoms with Crippen LogP contribution in [-0.4, -0.2) is 0 Å². The van der Waals surface area contributed by atoms with E-state index in [1.165, 1.54) is 70.6 Å². The number of hydrogen-bond acceptors (Lipinski definition) is 1. The van der Waals surface area contributed by atoms with Crippen molar-refractivity contribution in [1.82, 2.24) is 0 Å². The summed E-state index contributed by atoms with van der Waals surface area (Å²) in [5.41, 5.74) is 6.78. The number of benzene rings is 9. The Labute approximate surface area is 259 Å². The SMILES string of the molecule is c1ccc2cc3c(cc2c1)oc1cc(-c2c4ccccc4c(-c4cccc5ccc6ccccc6c45)c4ccccc24)ccc13. The lowest BCUT2D eigenvalue weighted by molar-refractivity contribution is 0.669. The van der Waals surface area contributed by atoms with E-state index in [2.05, 4.69) is 158 Å². The molecule has 1 nitrogen and oxygen atoms in total. The quantitative estimate of drug-likeness (QED) is 0.149. The van der Waals surface area contributed by atoms with Gasteiger partial charge in [0.2, 0.25) is 0 Å². The number of rotatable bonds is 2. The van der Waals surface area contributed by atoms with E-state index in [9.17, 15) is 0 Å². The molecule has 0 unspecified atom stereocenters. The van der Waals surface area contributed by atoms with E-state index in [1.54, 1.807) is 0 Å². The fourth-order valence-corrected chi connectivity index (χ4v) is 7.61. The van der Waals surface area contributed by atoms with Crippen LogP contribution in [0.3, 0.4) is 0 Å². The molecule has 1 aromatic heterocycles. The van der Waals surface area contributed by atoms with Crippen molar-refractivity contribution in [2.45, 2.75) is 0 Å². The van der Waals surface area contributed by atoms with Crippen molar-refractivity contribution < 1.29 is 4.42 Å². The van der Waals surface area contributed by atoms with Crippen LogP contribution in [0.5, 0.6) is 0 Å². The molecule has 9 aromatic carbocycles. The van der Waals surface area contributed by atoms with Crippen molar-refractivity contribution in [1.29, 1.82) is 0 Å². The van der Waals surface area contributed by atoms with E-state index in [0.29, 0.717) is 0 Å². The van der Waals surface area contributed by atoms with Gasteiger partial charge in [0.25, 0.3) is 0 Å². The summed E-state index contributed by atoms with van der Waals surface area (Å²) >= 11 is 0. The van der Waals surface area contributed by atoms with Crippen LogP contribution in [-0.2, 0) is 0 Å². The molecule has 0 bridgehead atoms. The zero-order valence-electron chi connectivity index (χ0n) is 24.4. The summed E-state index contributed by atoms with van der Waals surface area (Å²) in [6.45, 7) is 0. The topological polar surface area (TPSA) is 13.1 Å². The third-order valence-electron chi connectivity index (χ3n) is 9.60. The molecule has 0 saturated heterocycles. The fraction of sp³-hybridized carbons (Fsp3) is 0. The minimum absolute atomic E-state index is 0.913. The van der Waals surface area contributed by atoms with Gasteiger partial charge in [-0.05, 0) is 100 Å². The van der Waals surface area contributed by atoms with Crippen LogP contribution in [0, 0.1) is 0 Å². The Bertz CT molecular complexity index is 2760. The van der Waals surface area contributed by atoms with Crippen LogP contribution in [0.4, 0.5) is 0 Å². The molecule has 0 aliphatic rings. The van der Waals surface area contributed by atoms with Crippen molar-refractivity contribution in [3.05, 3.63) is 158 Å². The van der Waals surface area contributed by atoms with Gasteiger partial charge in [0.1, 0.15) is 11.2 Å². The molecule has 10 aromatic rings. The fourth-order valence-electron chi connectivity index (χ4n) is 7.61. The lowest BCUT2D eigenvalue weighted by Crippen LogP contribution is -1.92. The second-order valence-corrected chi connectivity index (χ2v) is 12.0. The Kier molecular flexibility index (Phi) is 5.06. The first-order valence-electron chi connectivity index (χ1n) is 15.5. The monoisotopic (exact) mass is 570 g/mol. The minimum atomic E-state index is 0.913. The molecule has 10 rings (SSSR count). The number of furan rings is 1. The predicted molar refractivity (Wildman–Crippen MR) is 192 cm³/mol. The van der Waals surface area contributed by atoms with Crippen molar-refractivity contribution in [2.75, 3.05) is 0 Å². The summed E-state index contributed by atoms with van der Waals surface area (Å²) in [6.07, 6.45) is 0. The van der Waals surface area contributed by atoms with E-state index in [4.69, 9.17) is 4.42 Å². The van der Waals surface area contributed by atoms with E-state index in [0.717, 1.165) is 27.5 Å². The summed E-state index contributed by atoms with van der Waals surface area (Å²) in [5.74, 6) is 0. The van der Waals surface area contributed by atoms with Gasteiger partial charge in [-0.2, -0.15) is 0 Å². The van der Waals surface area contributed by atoms with Crippen LogP contribution >= 0.6 is 0 Å². The van der Waals surface area contributed by atoms with Crippen LogP contribution in [0.1, 0.15) is 0 Å². The Hall–Kier alpha value is -5.92. The van der Waals surface area contributed by atoms with Crippen LogP contribution in [0.15, 0.2) is 162 Å². The van der Waals surface area contributed by atoms with Gasteiger partial charge in [-0.1, -0.05) is 133 Å². The smallest absolute Gasteiger partial charge is 0.136 e. The summed E-state index contributed by atoms with van der Waals surface area (Å²) in [7, 11) is 0. The Morgan fingerprint density at radius 1 is 0.311 bits per heavy atom. The van der Waals surface area contributed by atoms with Crippen LogP contribution in [0.2, 0.25) is 0 Å². The van der Waals surface area contributed by atoms with Crippen molar-refractivity contribution >= 4 is 75.8 Å². The molecule has 1 heteroatoms. The summed E-state index contributed by atoms with van der Waals surface area (Å²) < 4.78 is 6.53. The zero-order chi connectivity index (χ0) is 29.5. The molecule has 0 N–H and O–H groups in total. The van der Waals surface area contributed by atoms with Gasteiger partial charge in [-0.15, -0.1) is 0 Å². The first-order valence-corrected chi connectivity index (χ1v) is 15.5. The summed E-state index contributed by atoms with van der Waals surface area (Å²) in [4.78, 5) is 0. The molecule has 45 heavy (non-hydrogen) atoms.